The molecule has 1 unspecified atom stereocenters. The Morgan fingerprint density at radius 2 is 2.31 bits per heavy atom. The number of nitrogens with two attached hydrogens (primary N) is 1. The minimum Gasteiger partial charge on any atom is -0.324 e. The molecule has 84 valence electrons. The Morgan fingerprint density at radius 3 is 2.94 bits per heavy atom. The van der Waals surface area contributed by atoms with E-state index >= 15 is 0 Å². The number of nitrogens with zero attached hydrogens (tertiary/aromatic N) is 1. The number of aromatic nitrogens is 1. The number of hydrogen-bond donors (Lipinski definition) is 1. The number of rotatable bonds is 3. The molecule has 1 aromatic heterocycles. The molecule has 0 bridgehead atoms. The number of halogens is 2. The third-order valence-corrected chi connectivity index (χ3v) is 3.98. The van der Waals surface area contributed by atoms with Gasteiger partial charge in [0.15, 0.2) is 0 Å². The minimum absolute atomic E-state index is 0.126. The minimum atomic E-state index is -0.227. The summed E-state index contributed by atoms with van der Waals surface area (Å²) in [6, 6.07) is 4.56. The SMILES string of the molecule is NC(Cc1nccs1)c1ccc(F)cc1I. The molecule has 1 heterocycles. The largest absolute Gasteiger partial charge is 0.324 e. The second-order valence-corrected chi connectivity index (χ2v) is 5.54. The van der Waals surface area contributed by atoms with Gasteiger partial charge < -0.3 is 5.73 Å². The van der Waals surface area contributed by atoms with Crippen molar-refractivity contribution in [2.24, 2.45) is 5.73 Å². The third-order valence-electron chi connectivity index (χ3n) is 2.24. The summed E-state index contributed by atoms with van der Waals surface area (Å²) in [5.74, 6) is -0.227. The van der Waals surface area contributed by atoms with Crippen molar-refractivity contribution < 1.29 is 4.39 Å². The topological polar surface area (TPSA) is 38.9 Å². The molecule has 0 radical (unpaired) electrons. The van der Waals surface area contributed by atoms with Gasteiger partial charge in [0.05, 0.1) is 5.01 Å². The maximum absolute atomic E-state index is 12.9. The monoisotopic (exact) mass is 348 g/mol. The Bertz CT molecular complexity index is 473. The first-order chi connectivity index (χ1) is 7.66. The van der Waals surface area contributed by atoms with Crippen LogP contribution in [0.4, 0.5) is 4.39 Å². The summed E-state index contributed by atoms with van der Waals surface area (Å²) < 4.78 is 13.8. The fourth-order valence-electron chi connectivity index (χ4n) is 1.45. The van der Waals surface area contributed by atoms with Gasteiger partial charge in [-0.2, -0.15) is 0 Å². The van der Waals surface area contributed by atoms with E-state index in [9.17, 15) is 4.39 Å². The molecule has 5 heteroatoms. The molecule has 2 N–H and O–H groups in total. The number of hydrogen-bond acceptors (Lipinski definition) is 3. The average Bonchev–Trinajstić information content (AvgIpc) is 2.70. The Kier molecular flexibility index (Phi) is 3.88. The summed E-state index contributed by atoms with van der Waals surface area (Å²) >= 11 is 3.69. The Hall–Kier alpha value is -0.530. The zero-order valence-corrected chi connectivity index (χ0v) is 11.3. The zero-order valence-electron chi connectivity index (χ0n) is 8.36. The van der Waals surface area contributed by atoms with Crippen LogP contribution in [0, 0.1) is 9.39 Å². The fraction of sp³-hybridized carbons (Fsp3) is 0.182. The first-order valence-corrected chi connectivity index (χ1v) is 6.71. The van der Waals surface area contributed by atoms with Crippen molar-refractivity contribution in [2.75, 3.05) is 0 Å². The first kappa shape index (κ1) is 11.9. The standard InChI is InChI=1S/C11H10FIN2S/c12-7-1-2-8(9(13)5-7)10(14)6-11-15-3-4-16-11/h1-5,10H,6,14H2. The molecule has 1 aromatic carbocycles. The maximum Gasteiger partial charge on any atom is 0.124 e. The second-order valence-electron chi connectivity index (χ2n) is 3.40. The molecular weight excluding hydrogens is 338 g/mol. The maximum atomic E-state index is 12.9. The van der Waals surface area contributed by atoms with Crippen molar-refractivity contribution in [1.29, 1.82) is 0 Å². The molecular formula is C11H10FIN2S. The molecule has 2 rings (SSSR count). The van der Waals surface area contributed by atoms with Crippen LogP contribution in [0.15, 0.2) is 29.8 Å². The summed E-state index contributed by atoms with van der Waals surface area (Å²) in [7, 11) is 0. The van der Waals surface area contributed by atoms with Gasteiger partial charge in [-0.15, -0.1) is 11.3 Å². The van der Waals surface area contributed by atoms with Crippen molar-refractivity contribution in [3.8, 4) is 0 Å². The summed E-state index contributed by atoms with van der Waals surface area (Å²) in [5.41, 5.74) is 7.05. The van der Waals surface area contributed by atoms with Crippen LogP contribution in [0.3, 0.4) is 0 Å². The number of benzene rings is 1. The first-order valence-electron chi connectivity index (χ1n) is 4.75. The van der Waals surface area contributed by atoms with Crippen LogP contribution in [-0.2, 0) is 6.42 Å². The van der Waals surface area contributed by atoms with Crippen molar-refractivity contribution in [3.05, 3.63) is 49.7 Å². The third kappa shape index (κ3) is 2.78. The van der Waals surface area contributed by atoms with Gasteiger partial charge in [-0.1, -0.05) is 6.07 Å². The van der Waals surface area contributed by atoms with E-state index in [4.69, 9.17) is 5.73 Å². The molecule has 0 fully saturated rings. The Labute approximate surface area is 111 Å². The highest BCUT2D eigenvalue weighted by molar-refractivity contribution is 14.1. The van der Waals surface area contributed by atoms with Crippen molar-refractivity contribution >= 4 is 33.9 Å². The lowest BCUT2D eigenvalue weighted by molar-refractivity contribution is 0.622. The molecule has 0 aliphatic rings. The zero-order chi connectivity index (χ0) is 11.5. The molecule has 1 atom stereocenters. The highest BCUT2D eigenvalue weighted by atomic mass is 127. The van der Waals surface area contributed by atoms with E-state index in [2.05, 4.69) is 27.6 Å². The predicted molar refractivity (Wildman–Crippen MR) is 71.9 cm³/mol. The quantitative estimate of drug-likeness (QED) is 0.866. The lowest BCUT2D eigenvalue weighted by atomic mass is 10.1. The van der Waals surface area contributed by atoms with Gasteiger partial charge in [0.2, 0.25) is 0 Å². The van der Waals surface area contributed by atoms with Crippen LogP contribution >= 0.6 is 33.9 Å². The van der Waals surface area contributed by atoms with Crippen molar-refractivity contribution in [3.63, 3.8) is 0 Å². The molecule has 16 heavy (non-hydrogen) atoms. The molecule has 0 saturated heterocycles. The lowest BCUT2D eigenvalue weighted by Gasteiger charge is -2.12. The fourth-order valence-corrected chi connectivity index (χ4v) is 3.01. The van der Waals surface area contributed by atoms with Crippen LogP contribution in [0.2, 0.25) is 0 Å². The number of thiazole rings is 1. The predicted octanol–water partition coefficient (Wildman–Crippen LogP) is 3.13. The van der Waals surface area contributed by atoms with E-state index in [1.54, 1.807) is 23.6 Å². The van der Waals surface area contributed by atoms with Crippen molar-refractivity contribution in [1.82, 2.24) is 4.98 Å². The lowest BCUT2D eigenvalue weighted by Crippen LogP contribution is -2.14. The molecule has 0 spiro atoms. The van der Waals surface area contributed by atoms with Gasteiger partial charge >= 0.3 is 0 Å². The van der Waals surface area contributed by atoms with E-state index in [-0.39, 0.29) is 11.9 Å². The van der Waals surface area contributed by atoms with Crippen molar-refractivity contribution in [2.45, 2.75) is 12.5 Å². The molecule has 0 aliphatic heterocycles. The molecule has 0 amide bonds. The summed E-state index contributed by atoms with van der Waals surface area (Å²) in [5, 5.41) is 2.94. The van der Waals surface area contributed by atoms with Gasteiger partial charge in [-0.25, -0.2) is 9.37 Å². The summed E-state index contributed by atoms with van der Waals surface area (Å²) in [4.78, 5) is 4.19. The van der Waals surface area contributed by atoms with Gasteiger partial charge in [-0.05, 0) is 40.3 Å². The van der Waals surface area contributed by atoms with E-state index < -0.39 is 0 Å². The summed E-state index contributed by atoms with van der Waals surface area (Å²) in [6.07, 6.45) is 2.46. The molecule has 2 aromatic rings. The van der Waals surface area contributed by atoms with Gasteiger partial charge in [-0.3, -0.25) is 0 Å². The van der Waals surface area contributed by atoms with Crippen LogP contribution < -0.4 is 5.73 Å². The van der Waals surface area contributed by atoms with Crippen LogP contribution in [0.1, 0.15) is 16.6 Å². The van der Waals surface area contributed by atoms with Gasteiger partial charge in [0, 0.05) is 27.6 Å². The van der Waals surface area contributed by atoms with Crippen LogP contribution in [0.5, 0.6) is 0 Å². The average molecular weight is 348 g/mol. The smallest absolute Gasteiger partial charge is 0.124 e. The van der Waals surface area contributed by atoms with E-state index in [0.717, 1.165) is 14.1 Å². The van der Waals surface area contributed by atoms with Gasteiger partial charge in [0.25, 0.3) is 0 Å². The van der Waals surface area contributed by atoms with E-state index in [1.165, 1.54) is 12.1 Å². The highest BCUT2D eigenvalue weighted by Crippen LogP contribution is 2.23. The highest BCUT2D eigenvalue weighted by Gasteiger charge is 2.12. The normalized spacial score (nSPS) is 12.7. The molecule has 2 nitrogen and oxygen atoms in total. The summed E-state index contributed by atoms with van der Waals surface area (Å²) in [6.45, 7) is 0. The second kappa shape index (κ2) is 5.20. The molecule has 0 aliphatic carbocycles. The van der Waals surface area contributed by atoms with Gasteiger partial charge in [0.1, 0.15) is 5.82 Å². The molecule has 0 saturated carbocycles. The Morgan fingerprint density at radius 1 is 1.50 bits per heavy atom. The Balaban J connectivity index is 2.17. The van der Waals surface area contributed by atoms with Crippen LogP contribution in [0.25, 0.3) is 0 Å². The van der Waals surface area contributed by atoms with E-state index in [1.807, 2.05) is 5.38 Å². The van der Waals surface area contributed by atoms with Crippen LogP contribution in [-0.4, -0.2) is 4.98 Å². The van der Waals surface area contributed by atoms with E-state index in [0.29, 0.717) is 6.42 Å².